The standard InChI is InChI=1S/C18H31O13P/c1-6-25-16(21)14(7-8-15(19)20)9-32(24,28-10-26-17(22)30-12(2)3)29-11-27-18(23)31-13(4)5/h12-14H,6-11H2,1-5H3,(H,19,20). The molecule has 186 valence electrons. The van der Waals surface area contributed by atoms with Gasteiger partial charge in [-0.15, -0.1) is 0 Å². The molecule has 0 heterocycles. The van der Waals surface area contributed by atoms with Crippen molar-refractivity contribution >= 4 is 31.8 Å². The zero-order valence-electron chi connectivity index (χ0n) is 18.8. The molecule has 0 aromatic heterocycles. The largest absolute Gasteiger partial charge is 0.510 e. The van der Waals surface area contributed by atoms with Crippen LogP contribution in [0.5, 0.6) is 0 Å². The molecule has 0 bridgehead atoms. The summed E-state index contributed by atoms with van der Waals surface area (Å²) in [6.07, 6.45) is -4.42. The topological polar surface area (TPSA) is 170 Å². The maximum Gasteiger partial charge on any atom is 0.510 e. The molecular formula is C18H31O13P. The average molecular weight is 486 g/mol. The number of carboxylic acid groups (broad SMARTS) is 1. The predicted octanol–water partition coefficient (Wildman–Crippen LogP) is 3.30. The van der Waals surface area contributed by atoms with Crippen LogP contribution < -0.4 is 0 Å². The van der Waals surface area contributed by atoms with E-state index in [0.717, 1.165) is 0 Å². The second kappa shape index (κ2) is 15.4. The Morgan fingerprint density at radius 1 is 0.844 bits per heavy atom. The number of hydrogen-bond donors (Lipinski definition) is 1. The highest BCUT2D eigenvalue weighted by Gasteiger charge is 2.35. The molecule has 32 heavy (non-hydrogen) atoms. The highest BCUT2D eigenvalue weighted by molar-refractivity contribution is 7.53. The minimum absolute atomic E-state index is 0.00271. The van der Waals surface area contributed by atoms with Crippen molar-refractivity contribution in [3.8, 4) is 0 Å². The summed E-state index contributed by atoms with van der Waals surface area (Å²) < 4.78 is 46.8. The summed E-state index contributed by atoms with van der Waals surface area (Å²) in [7, 11) is -4.25. The third kappa shape index (κ3) is 14.6. The van der Waals surface area contributed by atoms with Crippen LogP contribution in [0, 0.1) is 5.92 Å². The van der Waals surface area contributed by atoms with Gasteiger partial charge in [0.25, 0.3) is 0 Å². The number of carbonyl (C=O) groups excluding carboxylic acids is 3. The lowest BCUT2D eigenvalue weighted by Crippen LogP contribution is -2.24. The van der Waals surface area contributed by atoms with Crippen LogP contribution in [0.3, 0.4) is 0 Å². The van der Waals surface area contributed by atoms with Crippen molar-refractivity contribution in [1.82, 2.24) is 0 Å². The summed E-state index contributed by atoms with van der Waals surface area (Å²) in [6, 6.07) is 0. The SMILES string of the molecule is CCOC(=O)C(CCC(=O)O)CP(=O)(OCOC(=O)OC(C)C)OCOC(=O)OC(C)C. The van der Waals surface area contributed by atoms with Crippen molar-refractivity contribution in [1.29, 1.82) is 0 Å². The van der Waals surface area contributed by atoms with Gasteiger partial charge in [-0.05, 0) is 41.0 Å². The number of aliphatic carboxylic acids is 1. The van der Waals surface area contributed by atoms with Gasteiger partial charge in [-0.1, -0.05) is 0 Å². The number of carbonyl (C=O) groups is 4. The molecule has 0 aromatic carbocycles. The van der Waals surface area contributed by atoms with Crippen molar-refractivity contribution in [2.24, 2.45) is 5.92 Å². The fourth-order valence-corrected chi connectivity index (χ4v) is 3.60. The Labute approximate surface area is 186 Å². The quantitative estimate of drug-likeness (QED) is 0.155. The smallest absolute Gasteiger partial charge is 0.481 e. The average Bonchev–Trinajstić information content (AvgIpc) is 2.64. The molecule has 0 radical (unpaired) electrons. The van der Waals surface area contributed by atoms with Gasteiger partial charge in [0, 0.05) is 6.42 Å². The van der Waals surface area contributed by atoms with Crippen LogP contribution in [0.15, 0.2) is 0 Å². The molecule has 0 aliphatic carbocycles. The Hall–Kier alpha value is -2.37. The maximum absolute atomic E-state index is 13.1. The molecule has 0 saturated carbocycles. The molecule has 0 spiro atoms. The molecular weight excluding hydrogens is 455 g/mol. The van der Waals surface area contributed by atoms with Crippen molar-refractivity contribution < 1.29 is 61.6 Å². The van der Waals surface area contributed by atoms with Gasteiger partial charge in [-0.3, -0.25) is 23.2 Å². The molecule has 1 unspecified atom stereocenters. The van der Waals surface area contributed by atoms with Gasteiger partial charge >= 0.3 is 31.8 Å². The van der Waals surface area contributed by atoms with Crippen LogP contribution in [0.25, 0.3) is 0 Å². The van der Waals surface area contributed by atoms with E-state index in [1.807, 2.05) is 0 Å². The number of rotatable bonds is 15. The van der Waals surface area contributed by atoms with Gasteiger partial charge in [-0.25, -0.2) is 9.59 Å². The van der Waals surface area contributed by atoms with Crippen LogP contribution in [0.1, 0.15) is 47.5 Å². The normalized spacial score (nSPS) is 12.2. The van der Waals surface area contributed by atoms with Crippen molar-refractivity contribution in [2.75, 3.05) is 26.4 Å². The first kappa shape index (κ1) is 29.6. The van der Waals surface area contributed by atoms with E-state index in [2.05, 4.69) is 9.47 Å². The van der Waals surface area contributed by atoms with E-state index >= 15 is 0 Å². The summed E-state index contributed by atoms with van der Waals surface area (Å²) in [5.74, 6) is -3.18. The second-order valence-corrected chi connectivity index (χ2v) is 8.89. The summed E-state index contributed by atoms with van der Waals surface area (Å²) in [5, 5.41) is 8.89. The number of ether oxygens (including phenoxy) is 5. The first-order valence-corrected chi connectivity index (χ1v) is 11.5. The fourth-order valence-electron chi connectivity index (χ4n) is 2.02. The van der Waals surface area contributed by atoms with Gasteiger partial charge in [0.05, 0.1) is 30.9 Å². The maximum atomic E-state index is 13.1. The molecule has 13 nitrogen and oxygen atoms in total. The molecule has 0 amide bonds. The molecule has 0 aliphatic rings. The molecule has 0 aromatic rings. The fraction of sp³-hybridized carbons (Fsp3) is 0.778. The van der Waals surface area contributed by atoms with Crippen LogP contribution in [0.2, 0.25) is 0 Å². The van der Waals surface area contributed by atoms with Crippen LogP contribution in [0.4, 0.5) is 9.59 Å². The van der Waals surface area contributed by atoms with E-state index in [-0.39, 0.29) is 13.0 Å². The third-order valence-electron chi connectivity index (χ3n) is 3.29. The zero-order valence-corrected chi connectivity index (χ0v) is 19.7. The Morgan fingerprint density at radius 2 is 1.31 bits per heavy atom. The molecule has 0 saturated heterocycles. The van der Waals surface area contributed by atoms with E-state index in [9.17, 15) is 23.7 Å². The van der Waals surface area contributed by atoms with Gasteiger partial charge in [-0.2, -0.15) is 0 Å². The van der Waals surface area contributed by atoms with E-state index in [0.29, 0.717) is 0 Å². The summed E-state index contributed by atoms with van der Waals surface area (Å²) in [5.41, 5.74) is 0. The lowest BCUT2D eigenvalue weighted by molar-refractivity contribution is -0.148. The minimum atomic E-state index is -4.25. The van der Waals surface area contributed by atoms with Crippen molar-refractivity contribution in [2.45, 2.75) is 59.7 Å². The van der Waals surface area contributed by atoms with Crippen molar-refractivity contribution in [3.63, 3.8) is 0 Å². The third-order valence-corrected chi connectivity index (χ3v) is 5.17. The molecule has 14 heteroatoms. The second-order valence-electron chi connectivity index (χ2n) is 6.79. The monoisotopic (exact) mass is 486 g/mol. The number of esters is 1. The van der Waals surface area contributed by atoms with Gasteiger partial charge in [0.15, 0.2) is 0 Å². The van der Waals surface area contributed by atoms with Gasteiger partial charge < -0.3 is 28.8 Å². The first-order valence-electron chi connectivity index (χ1n) is 9.81. The Kier molecular flexibility index (Phi) is 14.3. The highest BCUT2D eigenvalue weighted by atomic mass is 31.2. The lowest BCUT2D eigenvalue weighted by Gasteiger charge is -2.22. The predicted molar refractivity (Wildman–Crippen MR) is 107 cm³/mol. The van der Waals surface area contributed by atoms with Gasteiger partial charge in [0.1, 0.15) is 0 Å². The van der Waals surface area contributed by atoms with E-state index < -0.39 is 76.1 Å². The molecule has 0 aliphatic heterocycles. The van der Waals surface area contributed by atoms with Crippen LogP contribution in [-0.4, -0.2) is 67.9 Å². The Morgan fingerprint density at radius 3 is 1.69 bits per heavy atom. The Balaban J connectivity index is 5.24. The Bertz CT molecular complexity index is 629. The number of carboxylic acids is 1. The summed E-state index contributed by atoms with van der Waals surface area (Å²) in [6.45, 7) is 6.13. The summed E-state index contributed by atoms with van der Waals surface area (Å²) in [4.78, 5) is 46.0. The minimum Gasteiger partial charge on any atom is -0.481 e. The molecule has 0 rings (SSSR count). The van der Waals surface area contributed by atoms with Crippen molar-refractivity contribution in [3.05, 3.63) is 0 Å². The number of hydrogen-bond acceptors (Lipinski definition) is 12. The summed E-state index contributed by atoms with van der Waals surface area (Å²) >= 11 is 0. The van der Waals surface area contributed by atoms with E-state index in [4.69, 9.17) is 28.4 Å². The van der Waals surface area contributed by atoms with E-state index in [1.165, 1.54) is 0 Å². The molecule has 1 atom stereocenters. The zero-order chi connectivity index (χ0) is 24.7. The highest BCUT2D eigenvalue weighted by Crippen LogP contribution is 2.50. The van der Waals surface area contributed by atoms with Crippen LogP contribution >= 0.6 is 7.60 Å². The molecule has 1 N–H and O–H groups in total. The first-order chi connectivity index (χ1) is 14.9. The van der Waals surface area contributed by atoms with Gasteiger partial charge in [0.2, 0.25) is 13.6 Å². The van der Waals surface area contributed by atoms with E-state index in [1.54, 1.807) is 34.6 Å². The molecule has 0 fully saturated rings. The lowest BCUT2D eigenvalue weighted by atomic mass is 10.1. The van der Waals surface area contributed by atoms with Crippen LogP contribution in [-0.2, 0) is 46.9 Å².